The summed E-state index contributed by atoms with van der Waals surface area (Å²) >= 11 is 0. The highest BCUT2D eigenvalue weighted by Gasteiger charge is 2.50. The molecule has 0 bridgehead atoms. The predicted molar refractivity (Wildman–Crippen MR) is 158 cm³/mol. The molecule has 0 radical (unpaired) electrons. The summed E-state index contributed by atoms with van der Waals surface area (Å²) < 4.78 is 6.67. The Hall–Kier alpha value is -1.33. The van der Waals surface area contributed by atoms with Crippen molar-refractivity contribution in [3.8, 4) is 5.75 Å². The highest BCUT2D eigenvalue weighted by Crippen LogP contribution is 2.54. The molecule has 0 N–H and O–H groups in total. The van der Waals surface area contributed by atoms with Gasteiger partial charge in [-0.3, -0.25) is 0 Å². The number of unbranched alkanes of at least 4 members (excludes halogenated alkanes) is 1. The van der Waals surface area contributed by atoms with Crippen molar-refractivity contribution in [1.29, 1.82) is 0 Å². The van der Waals surface area contributed by atoms with Crippen LogP contribution in [0.5, 0.6) is 5.75 Å². The van der Waals surface area contributed by atoms with E-state index >= 15 is 0 Å². The maximum absolute atomic E-state index is 6.67. The number of hydrogen-bond acceptors (Lipinski definition) is 1. The van der Waals surface area contributed by atoms with E-state index in [4.69, 9.17) is 4.74 Å². The van der Waals surface area contributed by atoms with Gasteiger partial charge >= 0.3 is 0 Å². The van der Waals surface area contributed by atoms with Crippen molar-refractivity contribution < 1.29 is 4.74 Å². The number of benzene rings is 1. The lowest BCUT2D eigenvalue weighted by molar-refractivity contribution is 0.368. The molecular formula is C31H50OSi2. The van der Waals surface area contributed by atoms with Crippen LogP contribution < -0.4 is 15.1 Å². The molecule has 1 saturated carbocycles. The molecule has 188 valence electrons. The molecule has 34 heavy (non-hydrogen) atoms. The molecule has 2 aliphatic carbocycles. The molecule has 3 atom stereocenters. The molecule has 1 nitrogen and oxygen atoms in total. The summed E-state index contributed by atoms with van der Waals surface area (Å²) in [7, 11) is -3.69. The Balaban J connectivity index is 2.22. The predicted octanol–water partition coefficient (Wildman–Crippen LogP) is 8.27. The van der Waals surface area contributed by atoms with Crippen LogP contribution in [0.4, 0.5) is 0 Å². The first-order valence-electron chi connectivity index (χ1n) is 13.6. The van der Waals surface area contributed by atoms with Crippen molar-refractivity contribution in [2.45, 2.75) is 103 Å². The van der Waals surface area contributed by atoms with Crippen LogP contribution in [0.2, 0.25) is 36.8 Å². The zero-order valence-electron chi connectivity index (χ0n) is 23.6. The number of ether oxygens (including phenoxy) is 1. The molecule has 1 fully saturated rings. The third kappa shape index (κ3) is 5.11. The van der Waals surface area contributed by atoms with E-state index in [-0.39, 0.29) is 5.04 Å². The Labute approximate surface area is 212 Å². The fraction of sp³-hybridized carbons (Fsp3) is 0.613. The molecule has 3 unspecified atom stereocenters. The Morgan fingerprint density at radius 3 is 2.41 bits per heavy atom. The van der Waals surface area contributed by atoms with Crippen molar-refractivity contribution in [3.63, 3.8) is 0 Å². The summed E-state index contributed by atoms with van der Waals surface area (Å²) in [6.07, 6.45) is 15.8. The van der Waals surface area contributed by atoms with Gasteiger partial charge in [-0.25, -0.2) is 0 Å². The van der Waals surface area contributed by atoms with Crippen LogP contribution in [0.3, 0.4) is 0 Å². The van der Waals surface area contributed by atoms with E-state index in [9.17, 15) is 0 Å². The van der Waals surface area contributed by atoms with Gasteiger partial charge in [-0.1, -0.05) is 127 Å². The summed E-state index contributed by atoms with van der Waals surface area (Å²) in [5.74, 6) is 2.78. The van der Waals surface area contributed by atoms with E-state index in [2.05, 4.69) is 97.7 Å². The molecule has 1 aromatic rings. The number of allylic oxidation sites excluding steroid dienone is 4. The summed E-state index contributed by atoms with van der Waals surface area (Å²) in [4.78, 5) is 0. The van der Waals surface area contributed by atoms with Crippen LogP contribution >= 0.6 is 0 Å². The Morgan fingerprint density at radius 1 is 1.12 bits per heavy atom. The standard InChI is InChI=1S/C31H50OSi2/c1-11-13-16-25-22-24-17-14-15-18-26(24)30(25)33(7,8)27-20-23(3)21-28(29(27)32-19-12-2)34(9,10)31(4,5)6/h12,14-15,18,20-21,24-25,30H,2,11,13,16-17,19,22H2,1,3-10H3. The first-order chi connectivity index (χ1) is 15.9. The van der Waals surface area contributed by atoms with Crippen molar-refractivity contribution >= 4 is 26.5 Å². The quantitative estimate of drug-likeness (QED) is 0.248. The van der Waals surface area contributed by atoms with Gasteiger partial charge in [0.15, 0.2) is 0 Å². The lowest BCUT2D eigenvalue weighted by Gasteiger charge is -2.42. The Bertz CT molecular complexity index is 945. The summed E-state index contributed by atoms with van der Waals surface area (Å²) in [6, 6.07) is 4.96. The maximum atomic E-state index is 6.67. The van der Waals surface area contributed by atoms with E-state index in [1.54, 1.807) is 10.8 Å². The van der Waals surface area contributed by atoms with Gasteiger partial charge in [0.2, 0.25) is 0 Å². The SMILES string of the molecule is C=CCOc1c([Si](C)(C)C2C3=CC=CCC3CC2CCCC)cc(C)cc1[Si](C)(C)C(C)(C)C. The van der Waals surface area contributed by atoms with Crippen LogP contribution in [-0.4, -0.2) is 22.8 Å². The highest BCUT2D eigenvalue weighted by molar-refractivity contribution is 6.95. The van der Waals surface area contributed by atoms with Crippen molar-refractivity contribution in [1.82, 2.24) is 0 Å². The van der Waals surface area contributed by atoms with Gasteiger partial charge in [0.25, 0.3) is 0 Å². The maximum Gasteiger partial charge on any atom is 0.118 e. The second kappa shape index (κ2) is 10.3. The minimum atomic E-state index is -1.90. The number of hydrogen-bond donors (Lipinski definition) is 0. The van der Waals surface area contributed by atoms with Crippen molar-refractivity contribution in [3.05, 3.63) is 54.2 Å². The van der Waals surface area contributed by atoms with Crippen LogP contribution in [0.15, 0.2) is 48.6 Å². The molecule has 0 aliphatic heterocycles. The first-order valence-corrected chi connectivity index (χ1v) is 19.7. The zero-order valence-corrected chi connectivity index (χ0v) is 25.6. The van der Waals surface area contributed by atoms with E-state index in [1.807, 2.05) is 6.08 Å². The van der Waals surface area contributed by atoms with Gasteiger partial charge in [-0.2, -0.15) is 0 Å². The minimum Gasteiger partial charge on any atom is -0.490 e. The molecule has 0 saturated heterocycles. The molecule has 0 amide bonds. The van der Waals surface area contributed by atoms with Crippen LogP contribution in [0.1, 0.15) is 65.4 Å². The van der Waals surface area contributed by atoms with Crippen LogP contribution in [0.25, 0.3) is 0 Å². The molecule has 2 aliphatic rings. The molecule has 3 heteroatoms. The molecule has 1 aromatic carbocycles. The van der Waals surface area contributed by atoms with Crippen molar-refractivity contribution in [2.24, 2.45) is 11.8 Å². The normalized spacial score (nSPS) is 23.0. The summed E-state index contributed by atoms with van der Waals surface area (Å²) in [5.41, 5.74) is 3.86. The van der Waals surface area contributed by atoms with Gasteiger partial charge < -0.3 is 4.74 Å². The minimum absolute atomic E-state index is 0.259. The Morgan fingerprint density at radius 2 is 1.79 bits per heavy atom. The lowest BCUT2D eigenvalue weighted by atomic mass is 9.94. The first kappa shape index (κ1) is 27.3. The van der Waals surface area contributed by atoms with E-state index in [0.29, 0.717) is 12.1 Å². The van der Waals surface area contributed by atoms with Gasteiger partial charge in [0.1, 0.15) is 12.4 Å². The average molecular weight is 495 g/mol. The molecule has 3 rings (SSSR count). The lowest BCUT2D eigenvalue weighted by Crippen LogP contribution is -2.55. The second-order valence-corrected chi connectivity index (χ2v) is 22.9. The Kier molecular flexibility index (Phi) is 8.30. The fourth-order valence-corrected chi connectivity index (χ4v) is 13.1. The van der Waals surface area contributed by atoms with Crippen molar-refractivity contribution in [2.75, 3.05) is 6.61 Å². The largest absolute Gasteiger partial charge is 0.490 e. The van der Waals surface area contributed by atoms with Gasteiger partial charge in [0.05, 0.1) is 16.1 Å². The second-order valence-electron chi connectivity index (χ2n) is 13.0. The molecule has 0 aromatic heterocycles. The van der Waals surface area contributed by atoms with Gasteiger partial charge in [-0.05, 0) is 52.6 Å². The van der Waals surface area contributed by atoms with E-state index < -0.39 is 16.1 Å². The zero-order chi connectivity index (χ0) is 25.3. The summed E-state index contributed by atoms with van der Waals surface area (Å²) in [6.45, 7) is 26.8. The van der Waals surface area contributed by atoms with E-state index in [1.165, 1.54) is 48.6 Å². The third-order valence-corrected chi connectivity index (χ3v) is 18.8. The molecule has 0 heterocycles. The monoisotopic (exact) mass is 494 g/mol. The molecular weight excluding hydrogens is 445 g/mol. The topological polar surface area (TPSA) is 9.23 Å². The number of rotatable bonds is 9. The fourth-order valence-electron chi connectivity index (χ4n) is 6.40. The number of aryl methyl sites for hydroxylation is 1. The third-order valence-electron chi connectivity index (χ3n) is 9.26. The average Bonchev–Trinajstić information content (AvgIpc) is 3.14. The van der Waals surface area contributed by atoms with E-state index in [0.717, 1.165) is 11.8 Å². The number of fused-ring (bicyclic) bond motifs is 1. The molecule has 0 spiro atoms. The van der Waals surface area contributed by atoms with Gasteiger partial charge in [0, 0.05) is 0 Å². The summed E-state index contributed by atoms with van der Waals surface area (Å²) in [5, 5.41) is 3.32. The highest BCUT2D eigenvalue weighted by atomic mass is 28.3. The smallest absolute Gasteiger partial charge is 0.118 e. The van der Waals surface area contributed by atoms with Gasteiger partial charge in [-0.15, -0.1) is 0 Å². The van der Waals surface area contributed by atoms with Crippen LogP contribution in [0, 0.1) is 18.8 Å². The van der Waals surface area contributed by atoms with Crippen LogP contribution in [-0.2, 0) is 0 Å².